The van der Waals surface area contributed by atoms with Crippen molar-refractivity contribution in [3.05, 3.63) is 64.3 Å². The number of rotatable bonds is 3. The summed E-state index contributed by atoms with van der Waals surface area (Å²) in [6.07, 6.45) is 1.65. The topological polar surface area (TPSA) is 96.2 Å². The summed E-state index contributed by atoms with van der Waals surface area (Å²) in [4.78, 5) is 24.6. The van der Waals surface area contributed by atoms with Gasteiger partial charge in [-0.05, 0) is 11.6 Å². The van der Waals surface area contributed by atoms with Gasteiger partial charge < -0.3 is 10.1 Å². The molecule has 6 nitrogen and oxygen atoms in total. The zero-order valence-corrected chi connectivity index (χ0v) is 10.7. The van der Waals surface area contributed by atoms with Gasteiger partial charge in [0.2, 0.25) is 0 Å². The number of aromatic amines is 1. The third-order valence-electron chi connectivity index (χ3n) is 3.30. The van der Waals surface area contributed by atoms with E-state index in [9.17, 15) is 14.9 Å². The lowest BCUT2D eigenvalue weighted by Gasteiger charge is -2.01. The number of non-ortho nitro benzene ring substituents is 1. The van der Waals surface area contributed by atoms with Crippen LogP contribution in [0.1, 0.15) is 10.4 Å². The number of H-pyrrole nitrogens is 1. The minimum Gasteiger partial charge on any atom is -0.478 e. The van der Waals surface area contributed by atoms with E-state index in [0.29, 0.717) is 10.9 Å². The molecule has 0 bridgehead atoms. The molecule has 104 valence electrons. The zero-order valence-electron chi connectivity index (χ0n) is 10.7. The van der Waals surface area contributed by atoms with E-state index in [0.717, 1.165) is 17.2 Å². The molecular formula is C15H10N2O4. The third kappa shape index (κ3) is 2.12. The van der Waals surface area contributed by atoms with Gasteiger partial charge in [-0.15, -0.1) is 0 Å². The van der Waals surface area contributed by atoms with Crippen LogP contribution in [0.4, 0.5) is 5.69 Å². The number of nitro benzene ring substituents is 1. The van der Waals surface area contributed by atoms with E-state index in [1.54, 1.807) is 6.20 Å². The summed E-state index contributed by atoms with van der Waals surface area (Å²) in [7, 11) is 0. The number of fused-ring (bicyclic) bond motifs is 1. The number of aromatic nitrogens is 1. The molecule has 0 atom stereocenters. The number of nitrogens with one attached hydrogen (secondary N) is 1. The van der Waals surface area contributed by atoms with Gasteiger partial charge in [0.1, 0.15) is 5.52 Å². The van der Waals surface area contributed by atoms with Crippen molar-refractivity contribution in [3.8, 4) is 11.1 Å². The Morgan fingerprint density at radius 3 is 2.52 bits per heavy atom. The molecule has 0 aliphatic carbocycles. The van der Waals surface area contributed by atoms with Gasteiger partial charge in [0.15, 0.2) is 0 Å². The highest BCUT2D eigenvalue weighted by Gasteiger charge is 2.20. The quantitative estimate of drug-likeness (QED) is 0.568. The van der Waals surface area contributed by atoms with E-state index >= 15 is 0 Å². The normalized spacial score (nSPS) is 10.7. The van der Waals surface area contributed by atoms with Gasteiger partial charge in [0.25, 0.3) is 5.69 Å². The maximum atomic E-state index is 11.2. The van der Waals surface area contributed by atoms with Crippen molar-refractivity contribution >= 4 is 22.6 Å². The number of hydrogen-bond acceptors (Lipinski definition) is 3. The Morgan fingerprint density at radius 2 is 1.90 bits per heavy atom. The highest BCUT2D eigenvalue weighted by Crippen LogP contribution is 2.34. The second-order valence-corrected chi connectivity index (χ2v) is 4.55. The maximum absolute atomic E-state index is 11.2. The van der Waals surface area contributed by atoms with Gasteiger partial charge in [0.05, 0.1) is 10.5 Å². The van der Waals surface area contributed by atoms with Gasteiger partial charge in [-0.2, -0.15) is 0 Å². The molecule has 1 aromatic heterocycles. The predicted molar refractivity (Wildman–Crippen MR) is 77.3 cm³/mol. The van der Waals surface area contributed by atoms with Crippen molar-refractivity contribution in [1.82, 2.24) is 4.98 Å². The van der Waals surface area contributed by atoms with Crippen LogP contribution in [0, 0.1) is 10.1 Å². The Labute approximate surface area is 118 Å². The van der Waals surface area contributed by atoms with Crippen LogP contribution in [-0.4, -0.2) is 21.0 Å². The molecule has 0 saturated heterocycles. The lowest BCUT2D eigenvalue weighted by atomic mass is 10.0. The van der Waals surface area contributed by atoms with Crippen molar-refractivity contribution in [3.63, 3.8) is 0 Å². The van der Waals surface area contributed by atoms with Gasteiger partial charge in [-0.25, -0.2) is 4.79 Å². The molecule has 0 spiro atoms. The lowest BCUT2D eigenvalue weighted by molar-refractivity contribution is -0.383. The van der Waals surface area contributed by atoms with Crippen LogP contribution in [0.25, 0.3) is 22.0 Å². The zero-order chi connectivity index (χ0) is 15.0. The minimum absolute atomic E-state index is 0.106. The van der Waals surface area contributed by atoms with E-state index < -0.39 is 10.9 Å². The summed E-state index contributed by atoms with van der Waals surface area (Å²) in [5, 5.41) is 20.8. The van der Waals surface area contributed by atoms with Crippen LogP contribution in [0.5, 0.6) is 0 Å². The average molecular weight is 282 g/mol. The van der Waals surface area contributed by atoms with E-state index in [1.807, 2.05) is 30.3 Å². The van der Waals surface area contributed by atoms with Crippen LogP contribution < -0.4 is 0 Å². The van der Waals surface area contributed by atoms with Crippen LogP contribution in [0.3, 0.4) is 0 Å². The number of nitrogens with zero attached hydrogens (tertiary/aromatic N) is 1. The molecular weight excluding hydrogens is 272 g/mol. The van der Waals surface area contributed by atoms with Crippen molar-refractivity contribution in [2.45, 2.75) is 0 Å². The van der Waals surface area contributed by atoms with Crippen molar-refractivity contribution < 1.29 is 14.8 Å². The molecule has 0 aliphatic rings. The van der Waals surface area contributed by atoms with Crippen molar-refractivity contribution in [2.24, 2.45) is 0 Å². The van der Waals surface area contributed by atoms with Crippen molar-refractivity contribution in [2.75, 3.05) is 0 Å². The molecule has 0 aliphatic heterocycles. The molecule has 0 radical (unpaired) electrons. The first-order chi connectivity index (χ1) is 10.1. The Balaban J connectivity index is 2.35. The molecule has 0 amide bonds. The second kappa shape index (κ2) is 4.75. The highest BCUT2D eigenvalue weighted by molar-refractivity contribution is 6.04. The lowest BCUT2D eigenvalue weighted by Crippen LogP contribution is -1.99. The van der Waals surface area contributed by atoms with E-state index in [-0.39, 0.29) is 11.3 Å². The molecule has 2 N–H and O–H groups in total. The summed E-state index contributed by atoms with van der Waals surface area (Å²) in [6.45, 7) is 0. The highest BCUT2D eigenvalue weighted by atomic mass is 16.6. The summed E-state index contributed by atoms with van der Waals surface area (Å²) in [5.74, 6) is -1.19. The fourth-order valence-electron chi connectivity index (χ4n) is 2.34. The number of benzene rings is 2. The van der Waals surface area contributed by atoms with E-state index in [2.05, 4.69) is 4.98 Å². The largest absolute Gasteiger partial charge is 0.478 e. The molecule has 0 saturated carbocycles. The van der Waals surface area contributed by atoms with Gasteiger partial charge in [-0.3, -0.25) is 10.1 Å². The molecule has 3 aromatic rings. The number of hydrogen-bond donors (Lipinski definition) is 2. The summed E-state index contributed by atoms with van der Waals surface area (Å²) in [6, 6.07) is 11.8. The Hall–Kier alpha value is -3.15. The standard InChI is InChI=1S/C15H10N2O4/c18-15(19)10-6-11-12(9-4-2-1-3-5-9)8-16-14(11)13(7-10)17(20)21/h1-8,16H,(H,18,19). The van der Waals surface area contributed by atoms with Crippen LogP contribution in [0.2, 0.25) is 0 Å². The average Bonchev–Trinajstić information content (AvgIpc) is 2.90. The number of aromatic carboxylic acids is 1. The summed E-state index contributed by atoms with van der Waals surface area (Å²) >= 11 is 0. The second-order valence-electron chi connectivity index (χ2n) is 4.55. The molecule has 0 fully saturated rings. The van der Waals surface area contributed by atoms with E-state index in [4.69, 9.17) is 5.11 Å². The van der Waals surface area contributed by atoms with E-state index in [1.165, 1.54) is 6.07 Å². The molecule has 0 unspecified atom stereocenters. The minimum atomic E-state index is -1.19. The van der Waals surface area contributed by atoms with Crippen LogP contribution in [0.15, 0.2) is 48.7 Å². The van der Waals surface area contributed by atoms with Crippen LogP contribution >= 0.6 is 0 Å². The Morgan fingerprint density at radius 1 is 1.19 bits per heavy atom. The van der Waals surface area contributed by atoms with Gasteiger partial charge >= 0.3 is 5.97 Å². The first-order valence-electron chi connectivity index (χ1n) is 6.16. The van der Waals surface area contributed by atoms with Crippen LogP contribution in [-0.2, 0) is 0 Å². The molecule has 6 heteroatoms. The SMILES string of the molecule is O=C(O)c1cc([N+](=O)[O-])c2[nH]cc(-c3ccccc3)c2c1. The number of carbonyl (C=O) groups is 1. The summed E-state index contributed by atoms with van der Waals surface area (Å²) < 4.78 is 0. The molecule has 1 heterocycles. The number of carboxylic acids is 1. The van der Waals surface area contributed by atoms with Gasteiger partial charge in [0, 0.05) is 23.2 Å². The smallest absolute Gasteiger partial charge is 0.335 e. The fraction of sp³-hybridized carbons (Fsp3) is 0. The molecule has 3 rings (SSSR count). The van der Waals surface area contributed by atoms with Crippen molar-refractivity contribution in [1.29, 1.82) is 0 Å². The predicted octanol–water partition coefficient (Wildman–Crippen LogP) is 3.44. The Bertz CT molecular complexity index is 853. The maximum Gasteiger partial charge on any atom is 0.335 e. The number of carboxylic acid groups (broad SMARTS) is 1. The summed E-state index contributed by atoms with van der Waals surface area (Å²) in [5.41, 5.74) is 1.57. The first-order valence-corrected chi connectivity index (χ1v) is 6.16. The Kier molecular flexibility index (Phi) is 2.91. The van der Waals surface area contributed by atoms with Gasteiger partial charge in [-0.1, -0.05) is 30.3 Å². The fourth-order valence-corrected chi connectivity index (χ4v) is 2.34. The monoisotopic (exact) mass is 282 g/mol. The molecule has 21 heavy (non-hydrogen) atoms. The number of nitro groups is 1. The third-order valence-corrected chi connectivity index (χ3v) is 3.30. The molecule has 2 aromatic carbocycles. The first kappa shape index (κ1) is 12.9.